The molecule has 0 fully saturated rings. The van der Waals surface area contributed by atoms with Gasteiger partial charge in [-0.15, -0.1) is 0 Å². The number of rotatable bonds is 3. The molecular weight excluding hydrogens is 152 g/mol. The smallest absolute Gasteiger partial charge is 0.310 e. The van der Waals surface area contributed by atoms with Gasteiger partial charge >= 0.3 is 5.97 Å². The zero-order chi connectivity index (χ0) is 9.90. The van der Waals surface area contributed by atoms with Crippen LogP contribution in [0.5, 0.6) is 0 Å². The number of carboxylic acid groups (broad SMARTS) is 1. The molecule has 0 aromatic heterocycles. The van der Waals surface area contributed by atoms with Crippen LogP contribution in [0, 0.1) is 0 Å². The third kappa shape index (κ3) is 1.84. The predicted octanol–water partition coefficient (Wildman–Crippen LogP) is 2.26. The summed E-state index contributed by atoms with van der Waals surface area (Å²) in [4.78, 5) is 10.9. The highest BCUT2D eigenvalue weighted by atomic mass is 16.4. The van der Waals surface area contributed by atoms with Crippen molar-refractivity contribution in [2.75, 3.05) is 0 Å². The first-order valence-corrected chi connectivity index (χ1v) is 3.90. The Morgan fingerprint density at radius 1 is 1.58 bits per heavy atom. The first-order valence-electron chi connectivity index (χ1n) is 4.40. The van der Waals surface area contributed by atoms with Crippen LogP contribution in [-0.2, 0) is 4.79 Å². The van der Waals surface area contributed by atoms with E-state index < -0.39 is 11.9 Å². The Labute approximate surface area is 73.3 Å². The maximum Gasteiger partial charge on any atom is 0.310 e. The van der Waals surface area contributed by atoms with E-state index in [4.69, 9.17) is 6.48 Å². The van der Waals surface area contributed by atoms with Gasteiger partial charge in [0, 0.05) is 1.37 Å². The molecule has 1 atom stereocenters. The zero-order valence-electron chi connectivity index (χ0n) is 7.95. The minimum absolute atomic E-state index is 0.270. The fourth-order valence-corrected chi connectivity index (χ4v) is 1.12. The second-order valence-corrected chi connectivity index (χ2v) is 2.50. The average Bonchev–Trinajstić information content (AvgIpc) is 2.17. The summed E-state index contributed by atoms with van der Waals surface area (Å²) in [6.07, 6.45) is 0.270. The third-order valence-corrected chi connectivity index (χ3v) is 1.73. The SMILES string of the molecule is [2H][C@](CC)(C(=O)O)c1ccccc1. The number of benzene rings is 1. The quantitative estimate of drug-likeness (QED) is 0.745. The van der Waals surface area contributed by atoms with Crippen molar-refractivity contribution in [3.05, 3.63) is 35.9 Å². The average molecular weight is 165 g/mol. The van der Waals surface area contributed by atoms with Crippen LogP contribution in [0.1, 0.15) is 26.2 Å². The van der Waals surface area contributed by atoms with Gasteiger partial charge in [-0.25, -0.2) is 0 Å². The highest BCUT2D eigenvalue weighted by Crippen LogP contribution is 2.18. The van der Waals surface area contributed by atoms with Crippen molar-refractivity contribution in [1.29, 1.82) is 0 Å². The van der Waals surface area contributed by atoms with Gasteiger partial charge in [-0.3, -0.25) is 4.79 Å². The Balaban J connectivity index is 3.11. The van der Waals surface area contributed by atoms with Gasteiger partial charge in [-0.1, -0.05) is 37.3 Å². The van der Waals surface area contributed by atoms with Crippen LogP contribution in [0.3, 0.4) is 0 Å². The van der Waals surface area contributed by atoms with E-state index >= 15 is 0 Å². The lowest BCUT2D eigenvalue weighted by Crippen LogP contribution is -2.09. The largest absolute Gasteiger partial charge is 0.481 e. The molecule has 0 amide bonds. The molecule has 0 saturated heterocycles. The maximum absolute atomic E-state index is 10.9. The van der Waals surface area contributed by atoms with E-state index in [1.807, 2.05) is 0 Å². The summed E-state index contributed by atoms with van der Waals surface area (Å²) in [7, 11) is 0. The maximum atomic E-state index is 10.9. The summed E-state index contributed by atoms with van der Waals surface area (Å²) < 4.78 is 7.77. The van der Waals surface area contributed by atoms with Gasteiger partial charge in [0.05, 0.1) is 5.89 Å². The van der Waals surface area contributed by atoms with Crippen molar-refractivity contribution in [3.63, 3.8) is 0 Å². The summed E-state index contributed by atoms with van der Waals surface area (Å²) in [5, 5.41) is 8.90. The van der Waals surface area contributed by atoms with Crippen LogP contribution in [0.2, 0.25) is 0 Å². The molecule has 64 valence electrons. The van der Waals surface area contributed by atoms with Crippen LogP contribution < -0.4 is 0 Å². The van der Waals surface area contributed by atoms with Crippen molar-refractivity contribution >= 4 is 5.97 Å². The van der Waals surface area contributed by atoms with E-state index in [-0.39, 0.29) is 6.42 Å². The molecular formula is C10H12O2. The van der Waals surface area contributed by atoms with E-state index in [1.54, 1.807) is 37.3 Å². The molecule has 0 aliphatic carbocycles. The molecule has 0 radical (unpaired) electrons. The standard InChI is InChI=1S/C10H12O2/c1-2-9(10(11)12)8-6-4-3-5-7-8/h3-7,9H,2H2,1H3,(H,11,12)/t9-/m1/s1/i9D. The monoisotopic (exact) mass is 165 g/mol. The number of carbonyl (C=O) groups is 1. The normalized spacial score (nSPS) is 16.2. The van der Waals surface area contributed by atoms with Crippen molar-refractivity contribution in [2.24, 2.45) is 0 Å². The van der Waals surface area contributed by atoms with Crippen LogP contribution in [0.4, 0.5) is 0 Å². The number of hydrogen-bond acceptors (Lipinski definition) is 1. The Morgan fingerprint density at radius 2 is 2.17 bits per heavy atom. The van der Waals surface area contributed by atoms with Gasteiger partial charge in [0.25, 0.3) is 0 Å². The second-order valence-electron chi connectivity index (χ2n) is 2.50. The van der Waals surface area contributed by atoms with Crippen LogP contribution in [-0.4, -0.2) is 11.1 Å². The topological polar surface area (TPSA) is 37.3 Å². The number of aliphatic carboxylic acids is 1. The fourth-order valence-electron chi connectivity index (χ4n) is 1.12. The first-order chi connectivity index (χ1) is 6.11. The van der Waals surface area contributed by atoms with E-state index in [0.717, 1.165) is 0 Å². The molecule has 1 aromatic carbocycles. The summed E-state index contributed by atoms with van der Waals surface area (Å²) >= 11 is 0. The zero-order valence-corrected chi connectivity index (χ0v) is 6.95. The Bertz CT molecular complexity index is 297. The predicted molar refractivity (Wildman–Crippen MR) is 47.1 cm³/mol. The van der Waals surface area contributed by atoms with Crippen molar-refractivity contribution in [2.45, 2.75) is 19.2 Å². The lowest BCUT2D eigenvalue weighted by molar-refractivity contribution is -0.138. The van der Waals surface area contributed by atoms with Gasteiger partial charge in [-0.05, 0) is 12.0 Å². The lowest BCUT2D eigenvalue weighted by atomic mass is 9.97. The van der Waals surface area contributed by atoms with Crippen LogP contribution in [0.15, 0.2) is 30.3 Å². The molecule has 0 aliphatic heterocycles. The molecule has 1 aromatic rings. The molecule has 0 heterocycles. The third-order valence-electron chi connectivity index (χ3n) is 1.73. The summed E-state index contributed by atoms with van der Waals surface area (Å²) in [6, 6.07) is 8.64. The van der Waals surface area contributed by atoms with Gasteiger partial charge in [0.1, 0.15) is 0 Å². The summed E-state index contributed by atoms with van der Waals surface area (Å²) in [6.45, 7) is 1.70. The summed E-state index contributed by atoms with van der Waals surface area (Å²) in [5.74, 6) is -2.59. The first kappa shape index (κ1) is 7.35. The van der Waals surface area contributed by atoms with E-state index in [9.17, 15) is 4.79 Å². The van der Waals surface area contributed by atoms with Crippen molar-refractivity contribution in [3.8, 4) is 0 Å². The van der Waals surface area contributed by atoms with Crippen LogP contribution in [0.25, 0.3) is 0 Å². The van der Waals surface area contributed by atoms with Crippen molar-refractivity contribution in [1.82, 2.24) is 0 Å². The van der Waals surface area contributed by atoms with Gasteiger partial charge < -0.3 is 5.11 Å². The van der Waals surface area contributed by atoms with Gasteiger partial charge in [0.15, 0.2) is 0 Å². The molecule has 2 nitrogen and oxygen atoms in total. The highest BCUT2D eigenvalue weighted by Gasteiger charge is 2.16. The molecule has 2 heteroatoms. The molecule has 1 N–H and O–H groups in total. The molecule has 0 bridgehead atoms. The highest BCUT2D eigenvalue weighted by molar-refractivity contribution is 5.75. The molecule has 0 unspecified atom stereocenters. The molecule has 0 saturated carbocycles. The van der Waals surface area contributed by atoms with Gasteiger partial charge in [0.2, 0.25) is 0 Å². The second kappa shape index (κ2) is 3.90. The fraction of sp³-hybridized carbons (Fsp3) is 0.300. The van der Waals surface area contributed by atoms with Gasteiger partial charge in [-0.2, -0.15) is 0 Å². The number of hydrogen-bond donors (Lipinski definition) is 1. The molecule has 12 heavy (non-hydrogen) atoms. The number of carboxylic acids is 1. The van der Waals surface area contributed by atoms with E-state index in [1.165, 1.54) is 0 Å². The Hall–Kier alpha value is -1.31. The van der Waals surface area contributed by atoms with E-state index in [0.29, 0.717) is 5.56 Å². The molecule has 0 aliphatic rings. The molecule has 1 rings (SSSR count). The Morgan fingerprint density at radius 3 is 2.58 bits per heavy atom. The minimum atomic E-state index is -1.50. The Kier molecular flexibility index (Phi) is 2.39. The minimum Gasteiger partial charge on any atom is -0.481 e. The lowest BCUT2D eigenvalue weighted by Gasteiger charge is -2.08. The van der Waals surface area contributed by atoms with E-state index in [2.05, 4.69) is 0 Å². The van der Waals surface area contributed by atoms with Crippen molar-refractivity contribution < 1.29 is 11.3 Å². The van der Waals surface area contributed by atoms with Crippen LogP contribution >= 0.6 is 0 Å². The summed E-state index contributed by atoms with van der Waals surface area (Å²) in [5.41, 5.74) is 0.532. The molecule has 0 spiro atoms.